The lowest BCUT2D eigenvalue weighted by atomic mass is 10.0. The molecule has 0 unspecified atom stereocenters. The lowest BCUT2D eigenvalue weighted by Gasteiger charge is -2.08. The molecule has 154 valence electrons. The van der Waals surface area contributed by atoms with Gasteiger partial charge in [-0.3, -0.25) is 15.0 Å². The number of carbonyl (C=O) groups excluding carboxylic acids is 1. The zero-order valence-electron chi connectivity index (χ0n) is 16.6. The summed E-state index contributed by atoms with van der Waals surface area (Å²) in [5.41, 5.74) is 4.56. The van der Waals surface area contributed by atoms with Gasteiger partial charge >= 0.3 is 0 Å². The predicted molar refractivity (Wildman–Crippen MR) is 124 cm³/mol. The number of hydrogen-bond acceptors (Lipinski definition) is 5. The minimum atomic E-state index is -0.477. The third-order valence-electron chi connectivity index (χ3n) is 5.18. The highest BCUT2D eigenvalue weighted by Gasteiger charge is 2.21. The fourth-order valence-corrected chi connectivity index (χ4v) is 5.88. The number of hydrogen-bond donors (Lipinski definition) is 1. The normalized spacial score (nSPS) is 11.3. The molecule has 3 aromatic heterocycles. The minimum absolute atomic E-state index is 0.355. The van der Waals surface area contributed by atoms with Crippen LogP contribution in [-0.2, 0) is 0 Å². The van der Waals surface area contributed by atoms with Crippen LogP contribution in [-0.4, -0.2) is 15.6 Å². The van der Waals surface area contributed by atoms with Crippen LogP contribution >= 0.6 is 22.7 Å². The number of thiophene rings is 2. The maximum atomic E-state index is 14.2. The number of amides is 1. The van der Waals surface area contributed by atoms with Gasteiger partial charge in [0.2, 0.25) is 0 Å². The molecule has 3 heterocycles. The summed E-state index contributed by atoms with van der Waals surface area (Å²) in [5, 5.41) is 0.897. The second kappa shape index (κ2) is 7.40. The zero-order valence-corrected chi connectivity index (χ0v) is 18.2. The largest absolute Gasteiger partial charge is 0.281 e. The number of carbonyl (C=O) groups is 1. The zero-order chi connectivity index (χ0) is 21.7. The van der Waals surface area contributed by atoms with Gasteiger partial charge < -0.3 is 0 Å². The first kappa shape index (κ1) is 19.6. The van der Waals surface area contributed by atoms with E-state index in [2.05, 4.69) is 10.4 Å². The van der Waals surface area contributed by atoms with E-state index in [1.165, 1.54) is 35.1 Å². The summed E-state index contributed by atoms with van der Waals surface area (Å²) in [6, 6.07) is 14.4. The van der Waals surface area contributed by atoms with Crippen LogP contribution in [0.25, 0.3) is 31.4 Å². The van der Waals surface area contributed by atoms with Crippen molar-refractivity contribution in [1.29, 1.82) is 0 Å². The van der Waals surface area contributed by atoms with E-state index in [1.54, 1.807) is 19.1 Å². The lowest BCUT2D eigenvalue weighted by molar-refractivity contribution is 0.101. The summed E-state index contributed by atoms with van der Waals surface area (Å²) >= 11 is 2.64. The van der Waals surface area contributed by atoms with Crippen LogP contribution in [0, 0.1) is 19.7 Å². The molecule has 8 heteroatoms. The molecule has 0 bridgehead atoms. The summed E-state index contributed by atoms with van der Waals surface area (Å²) in [4.78, 5) is 32.6. The van der Waals surface area contributed by atoms with Gasteiger partial charge in [-0.25, -0.2) is 14.1 Å². The van der Waals surface area contributed by atoms with Crippen molar-refractivity contribution < 1.29 is 9.18 Å². The quantitative estimate of drug-likeness (QED) is 0.397. The van der Waals surface area contributed by atoms with Crippen molar-refractivity contribution in [3.63, 3.8) is 0 Å². The predicted octanol–water partition coefficient (Wildman–Crippen LogP) is 5.48. The highest BCUT2D eigenvalue weighted by atomic mass is 32.1. The third-order valence-corrected chi connectivity index (χ3v) is 7.45. The molecule has 0 aliphatic heterocycles. The Morgan fingerprint density at radius 3 is 2.55 bits per heavy atom. The lowest BCUT2D eigenvalue weighted by Crippen LogP contribution is -2.33. The van der Waals surface area contributed by atoms with Gasteiger partial charge in [0.15, 0.2) is 0 Å². The molecule has 0 saturated heterocycles. The number of aromatic nitrogens is 2. The van der Waals surface area contributed by atoms with Gasteiger partial charge in [0.1, 0.15) is 17.0 Å². The van der Waals surface area contributed by atoms with Gasteiger partial charge in [-0.2, -0.15) is 0 Å². The minimum Gasteiger partial charge on any atom is -0.267 e. The molecule has 0 atom stereocenters. The van der Waals surface area contributed by atoms with E-state index in [4.69, 9.17) is 0 Å². The van der Waals surface area contributed by atoms with Crippen molar-refractivity contribution >= 4 is 48.9 Å². The van der Waals surface area contributed by atoms with Crippen molar-refractivity contribution in [3.05, 3.63) is 86.3 Å². The Kier molecular flexibility index (Phi) is 4.68. The van der Waals surface area contributed by atoms with E-state index in [9.17, 15) is 14.0 Å². The summed E-state index contributed by atoms with van der Waals surface area (Å²) in [6.45, 7) is 3.66. The van der Waals surface area contributed by atoms with Gasteiger partial charge in [-0.1, -0.05) is 36.4 Å². The molecule has 2 aromatic carbocycles. The van der Waals surface area contributed by atoms with E-state index in [0.717, 1.165) is 20.7 Å². The van der Waals surface area contributed by atoms with Gasteiger partial charge in [0, 0.05) is 20.5 Å². The molecule has 0 aliphatic rings. The first-order chi connectivity index (χ1) is 15.0. The van der Waals surface area contributed by atoms with Gasteiger partial charge in [0.05, 0.1) is 10.3 Å². The number of aryl methyl sites for hydroxylation is 2. The Bertz CT molecular complexity index is 1530. The van der Waals surface area contributed by atoms with Crippen LogP contribution in [0.2, 0.25) is 0 Å². The monoisotopic (exact) mass is 449 g/mol. The average Bonchev–Trinajstić information content (AvgIpc) is 3.28. The molecule has 5 rings (SSSR count). The van der Waals surface area contributed by atoms with E-state index in [1.807, 2.05) is 37.3 Å². The summed E-state index contributed by atoms with van der Waals surface area (Å²) < 4.78 is 16.0. The van der Waals surface area contributed by atoms with Gasteiger partial charge in [-0.05, 0) is 37.1 Å². The number of nitrogens with zero attached hydrogens (tertiary/aromatic N) is 2. The smallest absolute Gasteiger partial charge is 0.267 e. The number of benzene rings is 2. The highest BCUT2D eigenvalue weighted by Crippen LogP contribution is 2.35. The molecule has 1 amide bonds. The number of rotatable bonds is 3. The summed E-state index contributed by atoms with van der Waals surface area (Å²) in [7, 11) is 0. The van der Waals surface area contributed by atoms with Gasteiger partial charge in [-0.15, -0.1) is 22.7 Å². The molecule has 31 heavy (non-hydrogen) atoms. The molecule has 0 fully saturated rings. The molecule has 0 spiro atoms. The van der Waals surface area contributed by atoms with Crippen LogP contribution in [0.1, 0.15) is 20.1 Å². The van der Waals surface area contributed by atoms with Crippen LogP contribution in [0.5, 0.6) is 0 Å². The number of fused-ring (bicyclic) bond motifs is 2. The van der Waals surface area contributed by atoms with E-state index in [0.29, 0.717) is 30.7 Å². The van der Waals surface area contributed by atoms with E-state index < -0.39 is 5.91 Å². The van der Waals surface area contributed by atoms with E-state index in [-0.39, 0.29) is 11.4 Å². The Morgan fingerprint density at radius 1 is 1.03 bits per heavy atom. The van der Waals surface area contributed by atoms with Crippen LogP contribution in [0.3, 0.4) is 0 Å². The topological polar surface area (TPSA) is 64.0 Å². The third kappa shape index (κ3) is 3.15. The number of halogens is 1. The maximum Gasteiger partial charge on any atom is 0.281 e. The van der Waals surface area contributed by atoms with Crippen molar-refractivity contribution in [2.75, 3.05) is 5.43 Å². The van der Waals surface area contributed by atoms with Crippen molar-refractivity contribution in [3.8, 4) is 11.1 Å². The molecule has 0 radical (unpaired) electrons. The number of nitrogens with one attached hydrogen (secondary N) is 1. The second-order valence-electron chi connectivity index (χ2n) is 7.11. The van der Waals surface area contributed by atoms with Crippen LogP contribution in [0.4, 0.5) is 4.39 Å². The maximum absolute atomic E-state index is 14.2. The molecular weight excluding hydrogens is 433 g/mol. The summed E-state index contributed by atoms with van der Waals surface area (Å²) in [6.07, 6.45) is 1.32. The Morgan fingerprint density at radius 2 is 1.81 bits per heavy atom. The SMILES string of the molecule is Cc1sc2ncn(NC(=O)c3sc4cccc(F)c4c3C)c(=O)c2c1-c1ccccc1. The standard InChI is InChI=1S/C23H16FN3O2S2/c1-12-17-15(24)9-6-10-16(17)31-20(12)21(28)26-27-11-25-22-19(23(27)29)18(13(2)30-22)14-7-4-3-5-8-14/h3-11H,1-2H3,(H,26,28). The Labute approximate surface area is 184 Å². The molecule has 0 saturated carbocycles. The van der Waals surface area contributed by atoms with Crippen LogP contribution < -0.4 is 11.0 Å². The first-order valence-electron chi connectivity index (χ1n) is 9.51. The highest BCUT2D eigenvalue weighted by molar-refractivity contribution is 7.21. The molecular formula is C23H16FN3O2S2. The van der Waals surface area contributed by atoms with Crippen molar-refractivity contribution in [1.82, 2.24) is 9.66 Å². The molecule has 1 N–H and O–H groups in total. The fraction of sp³-hybridized carbons (Fsp3) is 0.0870. The summed E-state index contributed by atoms with van der Waals surface area (Å²) in [5.74, 6) is -0.846. The van der Waals surface area contributed by atoms with Crippen LogP contribution in [0.15, 0.2) is 59.7 Å². The molecule has 0 aliphatic carbocycles. The molecule has 5 aromatic rings. The first-order valence-corrected chi connectivity index (χ1v) is 11.1. The fourth-order valence-electron chi connectivity index (χ4n) is 3.76. The van der Waals surface area contributed by atoms with Gasteiger partial charge in [0.25, 0.3) is 11.5 Å². The molecule has 5 nitrogen and oxygen atoms in total. The Hall–Kier alpha value is -3.36. The van der Waals surface area contributed by atoms with Crippen molar-refractivity contribution in [2.45, 2.75) is 13.8 Å². The van der Waals surface area contributed by atoms with E-state index >= 15 is 0 Å². The Balaban J connectivity index is 1.60. The average molecular weight is 450 g/mol. The second-order valence-corrected chi connectivity index (χ2v) is 9.36. The van der Waals surface area contributed by atoms with Crippen molar-refractivity contribution in [2.24, 2.45) is 0 Å².